The predicted molar refractivity (Wildman–Crippen MR) is 372 cm³/mol. The van der Waals surface area contributed by atoms with Crippen molar-refractivity contribution in [3.05, 3.63) is 0 Å². The molecule has 5 unspecified atom stereocenters. The molecule has 0 saturated heterocycles. The Labute approximate surface area is 562 Å². The minimum atomic E-state index is -4.95. The first-order valence-corrected chi connectivity index (χ1v) is 40.8. The SMILES string of the molecule is CCC(C)CCCCCCCCCCCCC(=O)O[C@H](COC(=O)CCCCCCCCCCC(C)CC)COP(=O)(O)OC[C@@H](O)COP(=O)(O)OC[C@@H](COC(=O)CCCCCCCCC(C)CC)OC(=O)CCCCCCCCCCCCCCCC(C)C. The first kappa shape index (κ1) is 90.1. The molecule has 19 heteroatoms. The van der Waals surface area contributed by atoms with Gasteiger partial charge in [-0.3, -0.25) is 37.3 Å². The molecule has 3 N–H and O–H groups in total. The van der Waals surface area contributed by atoms with Crippen LogP contribution in [-0.2, 0) is 65.4 Å². The van der Waals surface area contributed by atoms with Crippen molar-refractivity contribution in [2.75, 3.05) is 39.6 Å². The van der Waals surface area contributed by atoms with Crippen LogP contribution in [0.25, 0.3) is 0 Å². The molecule has 8 atom stereocenters. The minimum Gasteiger partial charge on any atom is -0.462 e. The van der Waals surface area contributed by atoms with Crippen LogP contribution in [0, 0.1) is 23.7 Å². The zero-order chi connectivity index (χ0) is 68.2. The lowest BCUT2D eigenvalue weighted by molar-refractivity contribution is -0.161. The second kappa shape index (κ2) is 62.6. The van der Waals surface area contributed by atoms with Crippen molar-refractivity contribution in [3.8, 4) is 0 Å². The average molecular weight is 1350 g/mol. The van der Waals surface area contributed by atoms with Gasteiger partial charge in [-0.15, -0.1) is 0 Å². The van der Waals surface area contributed by atoms with Crippen LogP contribution in [0.2, 0.25) is 0 Å². The summed E-state index contributed by atoms with van der Waals surface area (Å²) >= 11 is 0. The van der Waals surface area contributed by atoms with Gasteiger partial charge >= 0.3 is 39.5 Å². The van der Waals surface area contributed by atoms with Crippen LogP contribution in [0.5, 0.6) is 0 Å². The zero-order valence-corrected chi connectivity index (χ0v) is 62.0. The van der Waals surface area contributed by atoms with Crippen LogP contribution in [0.3, 0.4) is 0 Å². The van der Waals surface area contributed by atoms with Crippen LogP contribution < -0.4 is 0 Å². The number of carbonyl (C=O) groups is 4. The van der Waals surface area contributed by atoms with Crippen LogP contribution >= 0.6 is 15.6 Å². The van der Waals surface area contributed by atoms with Crippen molar-refractivity contribution < 1.29 is 80.2 Å². The summed E-state index contributed by atoms with van der Waals surface area (Å²) in [5.74, 6) is 0.972. The Balaban J connectivity index is 5.27. The van der Waals surface area contributed by atoms with Crippen LogP contribution in [0.1, 0.15) is 364 Å². The van der Waals surface area contributed by atoms with Gasteiger partial charge in [-0.2, -0.15) is 0 Å². The lowest BCUT2D eigenvalue weighted by atomic mass is 9.99. The van der Waals surface area contributed by atoms with E-state index in [4.69, 9.17) is 37.0 Å². The summed E-state index contributed by atoms with van der Waals surface area (Å²) in [7, 11) is -9.91. The fourth-order valence-corrected chi connectivity index (χ4v) is 12.5. The van der Waals surface area contributed by atoms with Crippen molar-refractivity contribution in [1.29, 1.82) is 0 Å². The fraction of sp³-hybridized carbons (Fsp3) is 0.945. The summed E-state index contributed by atoms with van der Waals surface area (Å²) < 4.78 is 68.4. The van der Waals surface area contributed by atoms with Gasteiger partial charge in [0.15, 0.2) is 12.2 Å². The first-order chi connectivity index (χ1) is 44.2. The highest BCUT2D eigenvalue weighted by Gasteiger charge is 2.30. The largest absolute Gasteiger partial charge is 0.472 e. The van der Waals surface area contributed by atoms with Crippen LogP contribution in [0.4, 0.5) is 0 Å². The van der Waals surface area contributed by atoms with Gasteiger partial charge in [0.1, 0.15) is 19.3 Å². The Kier molecular flexibility index (Phi) is 61.3. The Bertz CT molecular complexity index is 1820. The number of phosphoric ester groups is 2. The van der Waals surface area contributed by atoms with E-state index in [9.17, 15) is 43.2 Å². The van der Waals surface area contributed by atoms with Gasteiger partial charge in [0.25, 0.3) is 0 Å². The minimum absolute atomic E-state index is 0.105. The monoisotopic (exact) mass is 1350 g/mol. The van der Waals surface area contributed by atoms with Crippen molar-refractivity contribution >= 4 is 39.5 Å². The molecule has 0 aliphatic heterocycles. The molecule has 546 valence electrons. The molecular weight excluding hydrogens is 1210 g/mol. The Hall–Kier alpha value is -1.94. The molecule has 17 nitrogen and oxygen atoms in total. The molecule has 0 aromatic rings. The van der Waals surface area contributed by atoms with Crippen LogP contribution in [-0.4, -0.2) is 96.7 Å². The number of hydrogen-bond donors (Lipinski definition) is 3. The summed E-state index contributed by atoms with van der Waals surface area (Å²) in [5, 5.41) is 10.6. The number of phosphoric acid groups is 2. The lowest BCUT2D eigenvalue weighted by Crippen LogP contribution is -2.30. The molecule has 0 amide bonds. The van der Waals surface area contributed by atoms with E-state index in [1.165, 1.54) is 161 Å². The molecule has 0 fully saturated rings. The van der Waals surface area contributed by atoms with E-state index in [2.05, 4.69) is 55.4 Å². The fourth-order valence-electron chi connectivity index (χ4n) is 10.9. The number of rotatable bonds is 70. The lowest BCUT2D eigenvalue weighted by Gasteiger charge is -2.21. The highest BCUT2D eigenvalue weighted by Crippen LogP contribution is 2.45. The van der Waals surface area contributed by atoms with Gasteiger partial charge in [0, 0.05) is 25.7 Å². The first-order valence-electron chi connectivity index (χ1n) is 37.8. The number of esters is 4. The molecule has 0 aromatic heterocycles. The Morgan fingerprint density at radius 1 is 0.304 bits per heavy atom. The van der Waals surface area contributed by atoms with Crippen molar-refractivity contribution in [2.24, 2.45) is 23.7 Å². The zero-order valence-electron chi connectivity index (χ0n) is 60.2. The van der Waals surface area contributed by atoms with Gasteiger partial charge < -0.3 is 33.8 Å². The number of aliphatic hydroxyl groups is 1. The molecule has 0 aromatic carbocycles. The average Bonchev–Trinajstić information content (AvgIpc) is 3.66. The molecule has 0 saturated carbocycles. The summed E-state index contributed by atoms with van der Waals surface area (Å²) in [4.78, 5) is 72.7. The van der Waals surface area contributed by atoms with E-state index < -0.39 is 97.5 Å². The third-order valence-corrected chi connectivity index (χ3v) is 19.8. The van der Waals surface area contributed by atoms with E-state index in [1.807, 2.05) is 0 Å². The molecule has 0 aliphatic rings. The number of ether oxygens (including phenoxy) is 4. The summed E-state index contributed by atoms with van der Waals surface area (Å²) in [6, 6.07) is 0. The third kappa shape index (κ3) is 62.8. The van der Waals surface area contributed by atoms with E-state index in [-0.39, 0.29) is 25.7 Å². The van der Waals surface area contributed by atoms with E-state index in [0.717, 1.165) is 120 Å². The van der Waals surface area contributed by atoms with Gasteiger partial charge in [-0.25, -0.2) is 9.13 Å². The number of hydrogen-bond acceptors (Lipinski definition) is 15. The second-order valence-electron chi connectivity index (χ2n) is 27.5. The van der Waals surface area contributed by atoms with Gasteiger partial charge in [-0.1, -0.05) is 312 Å². The quantitative estimate of drug-likeness (QED) is 0.0222. The van der Waals surface area contributed by atoms with E-state index >= 15 is 0 Å². The van der Waals surface area contributed by atoms with Crippen molar-refractivity contribution in [3.63, 3.8) is 0 Å². The van der Waals surface area contributed by atoms with Crippen LogP contribution in [0.15, 0.2) is 0 Å². The number of aliphatic hydroxyl groups excluding tert-OH is 1. The summed E-state index contributed by atoms with van der Waals surface area (Å²) in [6.45, 7) is 14.2. The molecule has 0 aliphatic carbocycles. The number of carbonyl (C=O) groups excluding carboxylic acids is 4. The molecular formula is C73H142O17P2. The van der Waals surface area contributed by atoms with Gasteiger partial charge in [0.2, 0.25) is 0 Å². The van der Waals surface area contributed by atoms with E-state index in [0.29, 0.717) is 25.7 Å². The third-order valence-electron chi connectivity index (χ3n) is 17.9. The van der Waals surface area contributed by atoms with Crippen molar-refractivity contribution in [2.45, 2.75) is 382 Å². The van der Waals surface area contributed by atoms with Gasteiger partial charge in [0.05, 0.1) is 26.4 Å². The predicted octanol–water partition coefficient (Wildman–Crippen LogP) is 20.9. The van der Waals surface area contributed by atoms with Crippen molar-refractivity contribution in [1.82, 2.24) is 0 Å². The number of unbranched alkanes of at least 4 members (excludes halogenated alkanes) is 33. The Morgan fingerprint density at radius 3 is 0.772 bits per heavy atom. The van der Waals surface area contributed by atoms with Gasteiger partial charge in [-0.05, 0) is 49.4 Å². The maximum Gasteiger partial charge on any atom is 0.472 e. The molecule has 0 heterocycles. The summed E-state index contributed by atoms with van der Waals surface area (Å²) in [6.07, 6.45) is 45.6. The highest BCUT2D eigenvalue weighted by molar-refractivity contribution is 7.47. The molecule has 92 heavy (non-hydrogen) atoms. The summed E-state index contributed by atoms with van der Waals surface area (Å²) in [5.41, 5.74) is 0. The molecule has 0 radical (unpaired) electrons. The second-order valence-corrected chi connectivity index (χ2v) is 30.4. The highest BCUT2D eigenvalue weighted by atomic mass is 31.2. The topological polar surface area (TPSA) is 237 Å². The normalized spacial score (nSPS) is 15.1. The molecule has 0 rings (SSSR count). The maximum atomic E-state index is 13.0. The smallest absolute Gasteiger partial charge is 0.462 e. The standard InChI is InChI=1S/C73H142O17P2/c1-9-64(6)50-42-34-26-20-17-18-22-30-40-48-56-73(78)89-68(59-83-70(75)53-45-37-28-24-23-27-35-43-51-65(7)10-2)61-87-91(79,80)85-57-67(74)58-86-92(81,82)88-62-69(60-84-71(76)54-46-38-32-31-36-44-52-66(8)11-3)90-72(77)55-47-39-29-21-16-14-12-13-15-19-25-33-41-49-63(4)5/h63-69,74H,9-62H2,1-8H3,(H,79,80)(H,81,82)/t64?,65?,66?,67-,68-,69-/m1/s1. The molecule has 0 bridgehead atoms. The Morgan fingerprint density at radius 2 is 0.522 bits per heavy atom. The maximum absolute atomic E-state index is 13.0. The van der Waals surface area contributed by atoms with E-state index in [1.54, 1.807) is 0 Å². The molecule has 0 spiro atoms.